The number of allylic oxidation sites excluding steroid dienone is 2. The van der Waals surface area contributed by atoms with E-state index in [4.69, 9.17) is 9.47 Å². The van der Waals surface area contributed by atoms with Crippen LogP contribution in [0.5, 0.6) is 5.88 Å². The van der Waals surface area contributed by atoms with Gasteiger partial charge in [0.2, 0.25) is 0 Å². The molecule has 0 saturated heterocycles. The van der Waals surface area contributed by atoms with Crippen LogP contribution >= 0.6 is 0 Å². The van der Waals surface area contributed by atoms with E-state index in [2.05, 4.69) is 0 Å². The minimum Gasteiger partial charge on any atom is -0.860 e. The largest absolute Gasteiger partial charge is 0.860 e. The van der Waals surface area contributed by atoms with Crippen LogP contribution in [-0.2, 0) is 25.6 Å². The lowest BCUT2D eigenvalue weighted by Crippen LogP contribution is -2.43. The maximum absolute atomic E-state index is 13.2. The summed E-state index contributed by atoms with van der Waals surface area (Å²) >= 11 is 0. The Hall–Kier alpha value is -3.99. The Bertz CT molecular complexity index is 1340. The normalized spacial score (nSPS) is 15.2. The number of nitriles is 2. The highest BCUT2D eigenvalue weighted by Gasteiger charge is 2.34. The molecule has 0 saturated carbocycles. The summed E-state index contributed by atoms with van der Waals surface area (Å²) in [4.78, 5) is 39.7. The zero-order valence-corrected chi connectivity index (χ0v) is 23.4. The maximum atomic E-state index is 13.2. The van der Waals surface area contributed by atoms with Crippen molar-refractivity contribution < 1.29 is 24.2 Å². The number of hydrogen-bond donors (Lipinski definition) is 0. The van der Waals surface area contributed by atoms with Crippen molar-refractivity contribution in [3.05, 3.63) is 55.9 Å². The average Bonchev–Trinajstić information content (AvgIpc) is 2.87. The van der Waals surface area contributed by atoms with Crippen molar-refractivity contribution in [2.24, 2.45) is 0 Å². The first-order valence-corrected chi connectivity index (χ1v) is 12.9. The molecular formula is C29H35N4O6-. The number of nitrogens with zero attached hydrogens (tertiary/aromatic N) is 4. The summed E-state index contributed by atoms with van der Waals surface area (Å²) in [6.07, 6.45) is 5.14. The van der Waals surface area contributed by atoms with Gasteiger partial charge in [-0.25, -0.2) is 0 Å². The third-order valence-corrected chi connectivity index (χ3v) is 6.13. The number of carbonyl (C=O) groups is 2. The molecule has 208 valence electrons. The van der Waals surface area contributed by atoms with E-state index >= 15 is 0 Å². The highest BCUT2D eigenvalue weighted by Crippen LogP contribution is 2.26. The molecule has 1 aliphatic heterocycles. The Morgan fingerprint density at radius 1 is 0.923 bits per heavy atom. The van der Waals surface area contributed by atoms with Crippen molar-refractivity contribution in [3.63, 3.8) is 0 Å². The van der Waals surface area contributed by atoms with Gasteiger partial charge in [-0.2, -0.15) is 10.5 Å². The Kier molecular flexibility index (Phi) is 11.4. The molecule has 0 fully saturated rings. The summed E-state index contributed by atoms with van der Waals surface area (Å²) in [6.45, 7) is 11.4. The molecule has 0 N–H and O–H groups in total. The van der Waals surface area contributed by atoms with Crippen LogP contribution < -0.4 is 10.7 Å². The monoisotopic (exact) mass is 535 g/mol. The van der Waals surface area contributed by atoms with Crippen molar-refractivity contribution in [2.45, 2.75) is 73.1 Å². The molecule has 1 aromatic rings. The smallest absolute Gasteiger partial charge is 0.271 e. The number of pyridine rings is 1. The first kappa shape index (κ1) is 31.2. The van der Waals surface area contributed by atoms with Gasteiger partial charge in [-0.3, -0.25) is 19.3 Å². The third kappa shape index (κ3) is 7.53. The molecular weight excluding hydrogens is 500 g/mol. The second-order valence-corrected chi connectivity index (χ2v) is 9.65. The minimum absolute atomic E-state index is 0.00815. The quantitative estimate of drug-likeness (QED) is 0.225. The summed E-state index contributed by atoms with van der Waals surface area (Å²) in [5.74, 6) is -1.77. The predicted octanol–water partition coefficient (Wildman–Crippen LogP) is 2.88. The molecule has 0 atom stereocenters. The van der Waals surface area contributed by atoms with E-state index in [-0.39, 0.29) is 58.7 Å². The molecule has 2 rings (SSSR count). The molecule has 1 aliphatic rings. The summed E-state index contributed by atoms with van der Waals surface area (Å²) in [6, 6.07) is 3.77. The van der Waals surface area contributed by atoms with Crippen molar-refractivity contribution in [1.29, 1.82) is 10.5 Å². The Labute approximate surface area is 229 Å². The number of hydrogen-bond acceptors (Lipinski definition) is 8. The minimum atomic E-state index is -0.657. The first-order chi connectivity index (χ1) is 18.5. The number of ether oxygens (including phenoxy) is 2. The number of amides is 2. The molecule has 2 amide bonds. The van der Waals surface area contributed by atoms with Crippen LogP contribution in [0.2, 0.25) is 0 Å². The number of carbonyl (C=O) groups excluding carboxylic acids is 2. The van der Waals surface area contributed by atoms with Crippen LogP contribution in [0.25, 0.3) is 6.08 Å². The fraction of sp³-hybridized carbons (Fsp3) is 0.483. The molecule has 0 aliphatic carbocycles. The third-order valence-electron chi connectivity index (χ3n) is 6.13. The lowest BCUT2D eigenvalue weighted by Gasteiger charge is -2.27. The molecule has 10 nitrogen and oxygen atoms in total. The summed E-state index contributed by atoms with van der Waals surface area (Å²) in [5, 5.41) is 32.3. The van der Waals surface area contributed by atoms with Crippen molar-refractivity contribution in [3.8, 4) is 18.0 Å². The summed E-state index contributed by atoms with van der Waals surface area (Å²) in [5.41, 5.74) is -0.186. The van der Waals surface area contributed by atoms with Gasteiger partial charge >= 0.3 is 0 Å². The van der Waals surface area contributed by atoms with Crippen molar-refractivity contribution in [1.82, 2.24) is 9.47 Å². The van der Waals surface area contributed by atoms with Gasteiger partial charge in [0.1, 0.15) is 23.3 Å². The fourth-order valence-corrected chi connectivity index (χ4v) is 4.04. The molecule has 39 heavy (non-hydrogen) atoms. The Morgan fingerprint density at radius 3 is 2.05 bits per heavy atom. The molecule has 0 bridgehead atoms. The maximum Gasteiger partial charge on any atom is 0.271 e. The summed E-state index contributed by atoms with van der Waals surface area (Å²) in [7, 11) is 0. The molecule has 1 aromatic heterocycles. The SMILES string of the molecule is CC1=C(C#N)C(=O)N(CCCOC(C)C)C(=O)/C1=C\C=C\c1c(C)c(C#N)c(=O)n(CCCOC(C)C)c1[O-]. The van der Waals surface area contributed by atoms with Gasteiger partial charge in [0.05, 0.1) is 12.2 Å². The van der Waals surface area contributed by atoms with Crippen LogP contribution in [0.15, 0.2) is 33.7 Å². The molecule has 0 radical (unpaired) electrons. The second-order valence-electron chi connectivity index (χ2n) is 9.65. The van der Waals surface area contributed by atoms with E-state index in [1.807, 2.05) is 39.8 Å². The lowest BCUT2D eigenvalue weighted by atomic mass is 9.94. The summed E-state index contributed by atoms with van der Waals surface area (Å²) < 4.78 is 12.0. The standard InChI is InChI=1S/C29H36N4O6/c1-18(2)38-14-8-12-32-26(34)22(20(5)24(16-30)28(32)36)10-7-11-23-21(6)25(17-31)29(37)33(27(23)35)13-9-15-39-19(3)4/h7,10-11,18-19,34H,8-9,12-15H2,1-6H3/p-1/b10-7+,23-11-. The topological polar surface area (TPSA) is 148 Å². The van der Waals surface area contributed by atoms with E-state index < -0.39 is 23.3 Å². The van der Waals surface area contributed by atoms with E-state index in [0.29, 0.717) is 26.1 Å². The predicted molar refractivity (Wildman–Crippen MR) is 143 cm³/mol. The first-order valence-electron chi connectivity index (χ1n) is 12.9. The number of rotatable bonds is 12. The zero-order chi connectivity index (χ0) is 29.3. The van der Waals surface area contributed by atoms with Gasteiger partial charge in [-0.1, -0.05) is 12.2 Å². The molecule has 10 heteroatoms. The lowest BCUT2D eigenvalue weighted by molar-refractivity contribution is -0.280. The van der Waals surface area contributed by atoms with Gasteiger partial charge in [0.25, 0.3) is 17.4 Å². The Morgan fingerprint density at radius 2 is 1.51 bits per heavy atom. The van der Waals surface area contributed by atoms with Crippen molar-refractivity contribution in [2.75, 3.05) is 19.8 Å². The van der Waals surface area contributed by atoms with E-state index in [1.54, 1.807) is 0 Å². The zero-order valence-electron chi connectivity index (χ0n) is 23.4. The van der Waals surface area contributed by atoms with E-state index in [1.165, 1.54) is 32.1 Å². The fourth-order valence-electron chi connectivity index (χ4n) is 4.04. The van der Waals surface area contributed by atoms with E-state index in [0.717, 1.165) is 9.47 Å². The number of aromatic nitrogens is 1. The molecule has 0 aromatic carbocycles. The van der Waals surface area contributed by atoms with Crippen LogP contribution in [0.4, 0.5) is 0 Å². The van der Waals surface area contributed by atoms with Gasteiger partial charge in [-0.05, 0) is 83.0 Å². The molecule has 0 spiro atoms. The van der Waals surface area contributed by atoms with Crippen LogP contribution in [-0.4, -0.2) is 53.2 Å². The van der Waals surface area contributed by atoms with Crippen LogP contribution in [0, 0.1) is 29.6 Å². The average molecular weight is 536 g/mol. The van der Waals surface area contributed by atoms with Gasteiger partial charge in [-0.15, -0.1) is 0 Å². The van der Waals surface area contributed by atoms with Gasteiger partial charge < -0.3 is 19.1 Å². The van der Waals surface area contributed by atoms with Crippen molar-refractivity contribution >= 4 is 17.9 Å². The molecule has 0 unspecified atom stereocenters. The van der Waals surface area contributed by atoms with Crippen LogP contribution in [0.3, 0.4) is 0 Å². The highest BCUT2D eigenvalue weighted by atomic mass is 16.5. The van der Waals surface area contributed by atoms with E-state index in [9.17, 15) is 30.0 Å². The highest BCUT2D eigenvalue weighted by molar-refractivity contribution is 6.18. The Balaban J connectivity index is 2.43. The van der Waals surface area contributed by atoms with Crippen LogP contribution in [0.1, 0.15) is 64.2 Å². The van der Waals surface area contributed by atoms with Gasteiger partial charge in [0, 0.05) is 31.9 Å². The second kappa shape index (κ2) is 14.2. The number of imide groups is 1. The molecule has 2 heterocycles. The van der Waals surface area contributed by atoms with Gasteiger partial charge in [0.15, 0.2) is 0 Å².